The largest absolute Gasteiger partial charge is 0.508 e. The first-order valence-corrected chi connectivity index (χ1v) is 14.5. The summed E-state index contributed by atoms with van der Waals surface area (Å²) < 4.78 is 0. The van der Waals surface area contributed by atoms with Crippen LogP contribution in [-0.2, 0) is 36.8 Å². The van der Waals surface area contributed by atoms with Crippen molar-refractivity contribution in [2.45, 2.75) is 37.4 Å². The van der Waals surface area contributed by atoms with Crippen molar-refractivity contribution in [3.05, 3.63) is 65.7 Å². The standard InChI is InChI=1S/C28H35N5O9S/c1-43-12-11-20(26(38)39)32-25(37)21(13-17-5-3-2-4-6-17)31-24(36)16-29-23(35)15-30-28(42)33-22(27(40)41)14-18-7-9-19(34)10-8-18/h2-10,20-22,34H,11-16H2,1H3,(H,29,35)(H,31,36)(H,32,37)(H,38,39)(H,40,41)(H2,30,33,42)/t20-,21-,22-/m0/s1. The number of hydrogen-bond donors (Lipinski definition) is 8. The first-order valence-electron chi connectivity index (χ1n) is 13.2. The highest BCUT2D eigenvalue weighted by atomic mass is 32.2. The number of phenols is 1. The van der Waals surface area contributed by atoms with E-state index in [9.17, 15) is 44.1 Å². The van der Waals surface area contributed by atoms with E-state index >= 15 is 0 Å². The van der Waals surface area contributed by atoms with Gasteiger partial charge in [0, 0.05) is 12.8 Å². The van der Waals surface area contributed by atoms with E-state index < -0.39 is 66.9 Å². The second kappa shape index (κ2) is 17.9. The molecular weight excluding hydrogens is 582 g/mol. The minimum atomic E-state index is -1.31. The van der Waals surface area contributed by atoms with Gasteiger partial charge in [-0.1, -0.05) is 42.5 Å². The molecule has 0 heterocycles. The van der Waals surface area contributed by atoms with E-state index in [1.165, 1.54) is 36.0 Å². The number of aromatic hydroxyl groups is 1. The number of amides is 5. The van der Waals surface area contributed by atoms with Crippen molar-refractivity contribution in [1.29, 1.82) is 0 Å². The van der Waals surface area contributed by atoms with Crippen LogP contribution in [0.15, 0.2) is 54.6 Å². The Morgan fingerprint density at radius 2 is 1.28 bits per heavy atom. The van der Waals surface area contributed by atoms with Gasteiger partial charge in [0.2, 0.25) is 17.7 Å². The molecule has 0 aliphatic carbocycles. The summed E-state index contributed by atoms with van der Waals surface area (Å²) in [5.74, 6) is -4.20. The average Bonchev–Trinajstić information content (AvgIpc) is 2.97. The Labute approximate surface area is 252 Å². The summed E-state index contributed by atoms with van der Waals surface area (Å²) in [6.45, 7) is -1.12. The van der Waals surface area contributed by atoms with Gasteiger partial charge < -0.3 is 41.9 Å². The second-order valence-electron chi connectivity index (χ2n) is 9.36. The molecule has 0 aliphatic rings. The normalized spacial score (nSPS) is 12.6. The molecule has 0 spiro atoms. The third kappa shape index (κ3) is 13.2. The van der Waals surface area contributed by atoms with Crippen LogP contribution >= 0.6 is 11.8 Å². The molecule has 43 heavy (non-hydrogen) atoms. The summed E-state index contributed by atoms with van der Waals surface area (Å²) in [5, 5.41) is 39.9. The van der Waals surface area contributed by atoms with Crippen molar-refractivity contribution < 1.29 is 44.1 Å². The van der Waals surface area contributed by atoms with Crippen LogP contribution in [0, 0.1) is 0 Å². The predicted molar refractivity (Wildman–Crippen MR) is 157 cm³/mol. The molecule has 2 aromatic carbocycles. The molecule has 0 fully saturated rings. The van der Waals surface area contributed by atoms with Crippen molar-refractivity contribution in [2.24, 2.45) is 0 Å². The number of benzene rings is 2. The van der Waals surface area contributed by atoms with E-state index in [2.05, 4.69) is 26.6 Å². The van der Waals surface area contributed by atoms with Gasteiger partial charge in [0.1, 0.15) is 23.9 Å². The van der Waals surface area contributed by atoms with Crippen LogP contribution < -0.4 is 26.6 Å². The third-order valence-corrected chi connectivity index (χ3v) is 6.64. The van der Waals surface area contributed by atoms with E-state index in [0.29, 0.717) is 16.9 Å². The monoisotopic (exact) mass is 617 g/mol. The van der Waals surface area contributed by atoms with Gasteiger partial charge >= 0.3 is 18.0 Å². The molecular formula is C28H35N5O9S. The summed E-state index contributed by atoms with van der Waals surface area (Å²) >= 11 is 1.43. The van der Waals surface area contributed by atoms with Crippen molar-refractivity contribution >= 4 is 47.5 Å². The van der Waals surface area contributed by atoms with Gasteiger partial charge in [-0.2, -0.15) is 11.8 Å². The lowest BCUT2D eigenvalue weighted by atomic mass is 10.0. The maximum atomic E-state index is 13.0. The van der Waals surface area contributed by atoms with Gasteiger partial charge in [0.25, 0.3) is 0 Å². The van der Waals surface area contributed by atoms with Crippen molar-refractivity contribution in [1.82, 2.24) is 26.6 Å². The first kappa shape index (κ1) is 34.4. The minimum absolute atomic E-state index is 0.00416. The van der Waals surface area contributed by atoms with Crippen molar-refractivity contribution in [3.8, 4) is 5.75 Å². The number of rotatable bonds is 17. The summed E-state index contributed by atoms with van der Waals surface area (Å²) in [7, 11) is 0. The van der Waals surface area contributed by atoms with Gasteiger partial charge in [0.05, 0.1) is 13.1 Å². The third-order valence-electron chi connectivity index (χ3n) is 5.99. The fourth-order valence-corrected chi connectivity index (χ4v) is 4.22. The quantitative estimate of drug-likeness (QED) is 0.117. The molecule has 15 heteroatoms. The van der Waals surface area contributed by atoms with Crippen LogP contribution in [0.4, 0.5) is 4.79 Å². The van der Waals surface area contributed by atoms with Gasteiger partial charge in [-0.3, -0.25) is 14.4 Å². The Kier molecular flexibility index (Phi) is 14.3. The first-order chi connectivity index (χ1) is 20.5. The predicted octanol–water partition coefficient (Wildman–Crippen LogP) is -0.147. The van der Waals surface area contributed by atoms with Crippen LogP contribution in [-0.4, -0.2) is 94.2 Å². The average molecular weight is 618 g/mol. The highest BCUT2D eigenvalue weighted by Crippen LogP contribution is 2.11. The maximum Gasteiger partial charge on any atom is 0.326 e. The lowest BCUT2D eigenvalue weighted by molar-refractivity contribution is -0.142. The number of thioether (sulfide) groups is 1. The van der Waals surface area contributed by atoms with Crippen LogP contribution in [0.3, 0.4) is 0 Å². The van der Waals surface area contributed by atoms with Crippen LogP contribution in [0.5, 0.6) is 5.75 Å². The zero-order chi connectivity index (χ0) is 31.8. The molecule has 0 aliphatic heterocycles. The minimum Gasteiger partial charge on any atom is -0.508 e. The maximum absolute atomic E-state index is 13.0. The number of carbonyl (C=O) groups excluding carboxylic acids is 4. The topological polar surface area (TPSA) is 223 Å². The Hall–Kier alpha value is -4.79. The molecule has 8 N–H and O–H groups in total. The number of phenolic OH excluding ortho intramolecular Hbond substituents is 1. The van der Waals surface area contributed by atoms with E-state index in [0.717, 1.165) is 0 Å². The summed E-state index contributed by atoms with van der Waals surface area (Å²) in [6, 6.07) is 10.0. The highest BCUT2D eigenvalue weighted by Gasteiger charge is 2.27. The summed E-state index contributed by atoms with van der Waals surface area (Å²) in [5.41, 5.74) is 1.26. The van der Waals surface area contributed by atoms with Gasteiger partial charge in [-0.15, -0.1) is 0 Å². The zero-order valence-corrected chi connectivity index (χ0v) is 24.2. The molecule has 0 bridgehead atoms. The number of carboxylic acids is 2. The van der Waals surface area contributed by atoms with Crippen LogP contribution in [0.25, 0.3) is 0 Å². The fraction of sp³-hybridized carbons (Fsp3) is 0.357. The van der Waals surface area contributed by atoms with E-state index in [1.54, 1.807) is 30.3 Å². The molecule has 14 nitrogen and oxygen atoms in total. The summed E-state index contributed by atoms with van der Waals surface area (Å²) in [6.07, 6.45) is 1.99. The second-order valence-corrected chi connectivity index (χ2v) is 10.3. The molecule has 0 aromatic heterocycles. The molecule has 0 saturated carbocycles. The van der Waals surface area contributed by atoms with Gasteiger partial charge in [0.15, 0.2) is 0 Å². The zero-order valence-electron chi connectivity index (χ0n) is 23.4. The fourth-order valence-electron chi connectivity index (χ4n) is 3.75. The Morgan fingerprint density at radius 3 is 1.88 bits per heavy atom. The molecule has 3 atom stereocenters. The number of urea groups is 1. The van der Waals surface area contributed by atoms with Crippen molar-refractivity contribution in [3.63, 3.8) is 0 Å². The Bertz CT molecular complexity index is 1260. The molecule has 2 rings (SSSR count). The van der Waals surface area contributed by atoms with Gasteiger partial charge in [-0.05, 0) is 41.7 Å². The van der Waals surface area contributed by atoms with Crippen molar-refractivity contribution in [2.75, 3.05) is 25.1 Å². The molecule has 0 saturated heterocycles. The number of nitrogens with one attached hydrogen (secondary N) is 5. The number of carboxylic acid groups (broad SMARTS) is 2. The number of aliphatic carboxylic acids is 2. The van der Waals surface area contributed by atoms with Crippen LogP contribution in [0.1, 0.15) is 17.5 Å². The molecule has 2 aromatic rings. The smallest absolute Gasteiger partial charge is 0.326 e. The number of carbonyl (C=O) groups is 6. The van der Waals surface area contributed by atoms with Gasteiger partial charge in [-0.25, -0.2) is 14.4 Å². The van der Waals surface area contributed by atoms with E-state index in [-0.39, 0.29) is 25.0 Å². The molecule has 0 radical (unpaired) electrons. The Balaban J connectivity index is 1.88. The van der Waals surface area contributed by atoms with E-state index in [4.69, 9.17) is 0 Å². The highest BCUT2D eigenvalue weighted by molar-refractivity contribution is 7.98. The Morgan fingerprint density at radius 1 is 0.698 bits per heavy atom. The summed E-state index contributed by atoms with van der Waals surface area (Å²) in [4.78, 5) is 73.0. The number of hydrogen-bond acceptors (Lipinski definition) is 8. The molecule has 232 valence electrons. The SMILES string of the molecule is CSCC[C@H](NC(=O)[C@H](Cc1ccccc1)NC(=O)CNC(=O)CNC(=O)N[C@@H](Cc1ccc(O)cc1)C(=O)O)C(=O)O. The lowest BCUT2D eigenvalue weighted by Gasteiger charge is -2.22. The molecule has 5 amide bonds. The van der Waals surface area contributed by atoms with E-state index in [1.807, 2.05) is 6.26 Å². The molecule has 0 unspecified atom stereocenters. The lowest BCUT2D eigenvalue weighted by Crippen LogP contribution is -2.54. The van der Waals surface area contributed by atoms with Crippen LogP contribution in [0.2, 0.25) is 0 Å².